The Morgan fingerprint density at radius 3 is 2.19 bits per heavy atom. The van der Waals surface area contributed by atoms with Crippen LogP contribution in [0.15, 0.2) is 83.8 Å². The summed E-state index contributed by atoms with van der Waals surface area (Å²) in [5, 5.41) is 13.3. The van der Waals surface area contributed by atoms with E-state index in [-0.39, 0.29) is 45.6 Å². The number of quaternary nitrogens is 1. The average Bonchev–Trinajstić information content (AvgIpc) is 2.98. The summed E-state index contributed by atoms with van der Waals surface area (Å²) in [5.41, 5.74) is 2.68. The van der Waals surface area contributed by atoms with E-state index in [1.54, 1.807) is 36.4 Å². The fourth-order valence-electron chi connectivity index (χ4n) is 6.15. The van der Waals surface area contributed by atoms with E-state index in [0.717, 1.165) is 23.2 Å². The smallest absolute Gasteiger partial charge is 0.320 e. The van der Waals surface area contributed by atoms with Crippen LogP contribution in [0.5, 0.6) is 5.75 Å². The van der Waals surface area contributed by atoms with E-state index >= 15 is 0 Å². The van der Waals surface area contributed by atoms with Crippen LogP contribution < -0.4 is 9.80 Å². The second-order valence-electron chi connectivity index (χ2n) is 11.0. The second kappa shape index (κ2) is 13.6. The van der Waals surface area contributed by atoms with E-state index in [9.17, 15) is 23.1 Å². The number of carbonyl (C=O) groups excluding carboxylic acids is 2. The van der Waals surface area contributed by atoms with Crippen LogP contribution in [0.2, 0.25) is 0 Å². The molecule has 2 amide bonds. The van der Waals surface area contributed by atoms with Gasteiger partial charge in [-0.3, -0.25) is 10.1 Å². The van der Waals surface area contributed by atoms with Crippen molar-refractivity contribution in [2.75, 3.05) is 25.9 Å². The molecule has 0 saturated carbocycles. The first-order valence-electron chi connectivity index (χ1n) is 14.6. The number of piperidine rings is 1. The van der Waals surface area contributed by atoms with Crippen LogP contribution in [0.3, 0.4) is 0 Å². The number of nitrogens with zero attached hydrogens (tertiary/aromatic N) is 2. The quantitative estimate of drug-likeness (QED) is 0.319. The molecule has 0 bridgehead atoms. The van der Waals surface area contributed by atoms with Gasteiger partial charge in [0.2, 0.25) is 5.91 Å². The Bertz CT molecular complexity index is 1460. The Balaban J connectivity index is 1.55. The predicted octanol–water partition coefficient (Wildman–Crippen LogP) is 4.45. The molecule has 8 nitrogen and oxygen atoms in total. The minimum atomic E-state index is -3.30. The zero-order valence-electron chi connectivity index (χ0n) is 24.7. The van der Waals surface area contributed by atoms with Gasteiger partial charge in [0.25, 0.3) is 0 Å². The molecule has 0 radical (unpaired) electrons. The summed E-state index contributed by atoms with van der Waals surface area (Å²) in [5.74, 6) is 0.296. The maximum atomic E-state index is 14.2. The van der Waals surface area contributed by atoms with Crippen molar-refractivity contribution < 1.29 is 23.1 Å². The van der Waals surface area contributed by atoms with Gasteiger partial charge < -0.3 is 10.0 Å². The van der Waals surface area contributed by atoms with Gasteiger partial charge in [0.15, 0.2) is 16.0 Å². The average molecular weight is 593 g/mol. The van der Waals surface area contributed by atoms with E-state index in [1.165, 1.54) is 6.26 Å². The lowest BCUT2D eigenvalue weighted by molar-refractivity contribution is -0.136. The number of carbonyl (C=O) groups is 2. The summed E-state index contributed by atoms with van der Waals surface area (Å²) in [6, 6.07) is 23.3. The number of amides is 2. The maximum Gasteiger partial charge on any atom is 0.320 e. The van der Waals surface area contributed by atoms with Crippen molar-refractivity contribution in [2.24, 2.45) is 0 Å². The van der Waals surface area contributed by atoms with Crippen molar-refractivity contribution in [2.45, 2.75) is 63.1 Å². The van der Waals surface area contributed by atoms with E-state index in [2.05, 4.69) is 5.32 Å². The van der Waals surface area contributed by atoms with Gasteiger partial charge in [-0.25, -0.2) is 17.7 Å². The second-order valence-corrected chi connectivity index (χ2v) is 13.0. The van der Waals surface area contributed by atoms with Crippen LogP contribution in [0.4, 0.5) is 5.69 Å². The standard InChI is InChI=1S/C33H41N3O5S/c1-4-35(32(38)23-26-13-18-30(19-14-26)42(3,40)41)27-21-22-34-31(24-27)36(5-2,28-9-7-6-8-10-28)33(39)20-15-25-11-16-29(37)17-12-25/h6-14,16-19,27,31,34H,4-5,15,20-24H2,1-3H3/p+1. The van der Waals surface area contributed by atoms with Crippen molar-refractivity contribution in [3.63, 3.8) is 0 Å². The first-order valence-corrected chi connectivity index (χ1v) is 16.5. The number of phenolic OH excluding ortho intramolecular Hbond substituents is 1. The lowest BCUT2D eigenvalue weighted by Crippen LogP contribution is -2.69. The van der Waals surface area contributed by atoms with Gasteiger partial charge in [-0.05, 0) is 74.2 Å². The minimum absolute atomic E-state index is 0.0109. The van der Waals surface area contributed by atoms with Gasteiger partial charge in [-0.2, -0.15) is 0 Å². The molecule has 4 rings (SSSR count). The number of hydrogen-bond donors (Lipinski definition) is 2. The molecular weight excluding hydrogens is 550 g/mol. The molecule has 3 aromatic rings. The fourth-order valence-corrected chi connectivity index (χ4v) is 6.78. The highest BCUT2D eigenvalue weighted by Crippen LogP contribution is 2.32. The number of para-hydroxylation sites is 1. The Labute approximate surface area is 249 Å². The van der Waals surface area contributed by atoms with Gasteiger partial charge in [-0.1, -0.05) is 42.5 Å². The largest absolute Gasteiger partial charge is 0.508 e. The third-order valence-corrected chi connectivity index (χ3v) is 9.55. The maximum absolute atomic E-state index is 14.2. The normalized spacial score (nSPS) is 18.6. The number of nitrogens with one attached hydrogen (secondary N) is 1. The first-order chi connectivity index (χ1) is 20.1. The summed E-state index contributed by atoms with van der Waals surface area (Å²) in [4.78, 5) is 29.9. The molecule has 224 valence electrons. The lowest BCUT2D eigenvalue weighted by Gasteiger charge is -2.46. The van der Waals surface area contributed by atoms with Gasteiger partial charge in [0.1, 0.15) is 11.4 Å². The number of benzene rings is 3. The lowest BCUT2D eigenvalue weighted by atomic mass is 9.96. The van der Waals surface area contributed by atoms with Crippen LogP contribution in [0, 0.1) is 0 Å². The number of aryl methyl sites for hydroxylation is 1. The number of sulfone groups is 1. The van der Waals surface area contributed by atoms with Gasteiger partial charge in [0, 0.05) is 31.8 Å². The number of rotatable bonds is 11. The van der Waals surface area contributed by atoms with E-state index in [0.29, 0.717) is 38.9 Å². The molecule has 2 N–H and O–H groups in total. The zero-order valence-corrected chi connectivity index (χ0v) is 25.5. The zero-order chi connectivity index (χ0) is 30.3. The summed E-state index contributed by atoms with van der Waals surface area (Å²) < 4.78 is 23.8. The first kappa shape index (κ1) is 31.4. The van der Waals surface area contributed by atoms with Crippen molar-refractivity contribution in [1.82, 2.24) is 14.7 Å². The third kappa shape index (κ3) is 7.09. The predicted molar refractivity (Wildman–Crippen MR) is 166 cm³/mol. The highest BCUT2D eigenvalue weighted by atomic mass is 32.2. The number of aromatic hydroxyl groups is 1. The van der Waals surface area contributed by atoms with E-state index in [1.807, 2.05) is 61.2 Å². The molecule has 9 heteroatoms. The molecule has 1 heterocycles. The molecule has 1 aliphatic heterocycles. The molecule has 1 saturated heterocycles. The Morgan fingerprint density at radius 2 is 1.60 bits per heavy atom. The minimum Gasteiger partial charge on any atom is -0.508 e. The molecule has 3 aromatic carbocycles. The van der Waals surface area contributed by atoms with Gasteiger partial charge in [0.05, 0.1) is 24.3 Å². The molecule has 42 heavy (non-hydrogen) atoms. The molecule has 0 spiro atoms. The molecule has 0 aliphatic carbocycles. The highest BCUT2D eigenvalue weighted by Gasteiger charge is 2.47. The highest BCUT2D eigenvalue weighted by molar-refractivity contribution is 7.90. The Morgan fingerprint density at radius 1 is 0.952 bits per heavy atom. The van der Waals surface area contributed by atoms with E-state index < -0.39 is 9.84 Å². The van der Waals surface area contributed by atoms with Crippen molar-refractivity contribution >= 4 is 27.3 Å². The van der Waals surface area contributed by atoms with Crippen LogP contribution in [0.1, 0.15) is 44.2 Å². The summed E-state index contributed by atoms with van der Waals surface area (Å²) >= 11 is 0. The topological polar surface area (TPSA) is 104 Å². The summed E-state index contributed by atoms with van der Waals surface area (Å²) in [6.07, 6.45) is 3.46. The van der Waals surface area contributed by atoms with Crippen molar-refractivity contribution in [3.8, 4) is 5.75 Å². The molecule has 1 aliphatic rings. The molecule has 3 atom stereocenters. The Kier molecular flexibility index (Phi) is 10.2. The van der Waals surface area contributed by atoms with Crippen LogP contribution in [0.25, 0.3) is 0 Å². The van der Waals surface area contributed by atoms with Crippen LogP contribution in [-0.4, -0.2) is 68.3 Å². The van der Waals surface area contributed by atoms with Crippen LogP contribution >= 0.6 is 0 Å². The Hall–Kier alpha value is -3.53. The van der Waals surface area contributed by atoms with Crippen molar-refractivity contribution in [1.29, 1.82) is 0 Å². The van der Waals surface area contributed by atoms with Gasteiger partial charge in [-0.15, -0.1) is 0 Å². The van der Waals surface area contributed by atoms with Crippen molar-refractivity contribution in [3.05, 3.63) is 90.0 Å². The monoisotopic (exact) mass is 592 g/mol. The fraction of sp³-hybridized carbons (Fsp3) is 0.394. The van der Waals surface area contributed by atoms with Crippen LogP contribution in [-0.2, 0) is 32.3 Å². The SMILES string of the molecule is CCN(C(=O)Cc1ccc(S(C)(=O)=O)cc1)C1CCNC([N+](CC)(C(=O)CCc2ccc(O)cc2)c2ccccc2)C1. The van der Waals surface area contributed by atoms with Gasteiger partial charge >= 0.3 is 5.91 Å². The molecule has 0 aromatic heterocycles. The number of likely N-dealkylation sites (N-methyl/N-ethyl adjacent to an activating group) is 1. The summed E-state index contributed by atoms with van der Waals surface area (Å²) in [6.45, 7) is 5.81. The molecular formula is C33H42N3O5S+. The number of phenols is 1. The molecule has 1 fully saturated rings. The number of hydrogen-bond acceptors (Lipinski definition) is 6. The summed E-state index contributed by atoms with van der Waals surface area (Å²) in [7, 11) is -3.30. The molecule has 3 unspecified atom stereocenters. The van der Waals surface area contributed by atoms with E-state index in [4.69, 9.17) is 0 Å². The third-order valence-electron chi connectivity index (χ3n) is 8.42.